The smallest absolute Gasteiger partial charge is 0.270 e. The van der Waals surface area contributed by atoms with Crippen LogP contribution in [0, 0.1) is 0 Å². The lowest BCUT2D eigenvalue weighted by molar-refractivity contribution is 0.0754. The van der Waals surface area contributed by atoms with Crippen LogP contribution in [-0.2, 0) is 6.54 Å². The van der Waals surface area contributed by atoms with Crippen LogP contribution in [0.25, 0.3) is 0 Å². The molecule has 1 fully saturated rings. The summed E-state index contributed by atoms with van der Waals surface area (Å²) in [4.78, 5) is 13.9. The molecule has 4 heteroatoms. The van der Waals surface area contributed by atoms with Gasteiger partial charge in [-0.15, -0.1) is 0 Å². The van der Waals surface area contributed by atoms with Crippen molar-refractivity contribution in [2.75, 3.05) is 13.1 Å². The summed E-state index contributed by atoms with van der Waals surface area (Å²) in [7, 11) is 0. The second kappa shape index (κ2) is 4.70. The number of likely N-dealkylation sites (tertiary alicyclic amines) is 1. The normalized spacial score (nSPS) is 20.4. The van der Waals surface area contributed by atoms with Crippen LogP contribution in [0.2, 0.25) is 0 Å². The molecule has 1 N–H and O–H groups in total. The number of rotatable bonds is 3. The molecule has 1 aliphatic heterocycles. The van der Waals surface area contributed by atoms with Crippen LogP contribution in [0.3, 0.4) is 0 Å². The van der Waals surface area contributed by atoms with Gasteiger partial charge in [0.05, 0.1) is 6.10 Å². The topological polar surface area (TPSA) is 45.5 Å². The maximum atomic E-state index is 12.1. The van der Waals surface area contributed by atoms with E-state index in [1.807, 2.05) is 22.9 Å². The summed E-state index contributed by atoms with van der Waals surface area (Å²) in [6.45, 7) is 4.09. The highest BCUT2D eigenvalue weighted by Crippen LogP contribution is 2.14. The molecule has 16 heavy (non-hydrogen) atoms. The minimum absolute atomic E-state index is 0.0370. The zero-order valence-electron chi connectivity index (χ0n) is 9.59. The van der Waals surface area contributed by atoms with Crippen molar-refractivity contribution in [3.8, 4) is 0 Å². The number of aryl methyl sites for hydroxylation is 1. The Morgan fingerprint density at radius 3 is 3.06 bits per heavy atom. The average molecular weight is 222 g/mol. The Kier molecular flexibility index (Phi) is 3.29. The molecule has 88 valence electrons. The number of aliphatic hydroxyl groups excluding tert-OH is 1. The van der Waals surface area contributed by atoms with Crippen molar-refractivity contribution in [3.63, 3.8) is 0 Å². The van der Waals surface area contributed by atoms with Gasteiger partial charge in [0.25, 0.3) is 5.91 Å². The first-order chi connectivity index (χ1) is 7.72. The lowest BCUT2D eigenvalue weighted by Crippen LogP contribution is -2.31. The molecule has 1 amide bonds. The summed E-state index contributed by atoms with van der Waals surface area (Å²) in [5.41, 5.74) is 0.732. The maximum Gasteiger partial charge on any atom is 0.270 e. The largest absolute Gasteiger partial charge is 0.391 e. The molecule has 0 aliphatic carbocycles. The third-order valence-electron chi connectivity index (χ3n) is 2.96. The Bertz CT molecular complexity index is 373. The molecule has 0 bridgehead atoms. The summed E-state index contributed by atoms with van der Waals surface area (Å²) in [5, 5.41) is 9.42. The van der Waals surface area contributed by atoms with Gasteiger partial charge in [-0.3, -0.25) is 4.79 Å². The minimum Gasteiger partial charge on any atom is -0.391 e. The number of amides is 1. The SMILES string of the molecule is CCCn1cccc1C(=O)N1CCC(O)C1. The average Bonchev–Trinajstić information content (AvgIpc) is 2.87. The summed E-state index contributed by atoms with van der Waals surface area (Å²) in [6.07, 6.45) is 3.29. The Morgan fingerprint density at radius 1 is 1.62 bits per heavy atom. The van der Waals surface area contributed by atoms with Crippen LogP contribution < -0.4 is 0 Å². The summed E-state index contributed by atoms with van der Waals surface area (Å²) in [6, 6.07) is 3.75. The standard InChI is InChI=1S/C12H18N2O2/c1-2-6-13-7-3-4-11(13)12(16)14-8-5-10(15)9-14/h3-4,7,10,15H,2,5-6,8-9H2,1H3. The Labute approximate surface area is 95.5 Å². The molecule has 1 aromatic rings. The zero-order chi connectivity index (χ0) is 11.5. The number of aromatic nitrogens is 1. The van der Waals surface area contributed by atoms with Gasteiger partial charge in [-0.1, -0.05) is 6.92 Å². The second-order valence-electron chi connectivity index (χ2n) is 4.28. The van der Waals surface area contributed by atoms with Gasteiger partial charge < -0.3 is 14.6 Å². The van der Waals surface area contributed by atoms with Gasteiger partial charge in [0, 0.05) is 25.8 Å². The molecular weight excluding hydrogens is 204 g/mol. The van der Waals surface area contributed by atoms with Crippen LogP contribution in [0.5, 0.6) is 0 Å². The van der Waals surface area contributed by atoms with Gasteiger partial charge in [0.1, 0.15) is 5.69 Å². The molecule has 1 saturated heterocycles. The fourth-order valence-electron chi connectivity index (χ4n) is 2.13. The molecule has 1 aromatic heterocycles. The molecule has 1 unspecified atom stereocenters. The summed E-state index contributed by atoms with van der Waals surface area (Å²) < 4.78 is 1.98. The van der Waals surface area contributed by atoms with Crippen molar-refractivity contribution < 1.29 is 9.90 Å². The molecule has 0 radical (unpaired) electrons. The molecule has 1 atom stereocenters. The Morgan fingerprint density at radius 2 is 2.44 bits per heavy atom. The van der Waals surface area contributed by atoms with E-state index in [1.54, 1.807) is 4.90 Å². The van der Waals surface area contributed by atoms with Gasteiger partial charge in [0.15, 0.2) is 0 Å². The lowest BCUT2D eigenvalue weighted by atomic mass is 10.3. The predicted molar refractivity (Wildman–Crippen MR) is 61.3 cm³/mol. The van der Waals surface area contributed by atoms with E-state index in [2.05, 4.69) is 6.92 Å². The van der Waals surface area contributed by atoms with Gasteiger partial charge in [0.2, 0.25) is 0 Å². The zero-order valence-corrected chi connectivity index (χ0v) is 9.59. The van der Waals surface area contributed by atoms with Crippen molar-refractivity contribution in [2.24, 2.45) is 0 Å². The molecule has 4 nitrogen and oxygen atoms in total. The molecule has 2 rings (SSSR count). The minimum atomic E-state index is -0.349. The predicted octanol–water partition coefficient (Wildman–Crippen LogP) is 1.10. The Balaban J connectivity index is 2.11. The number of hydrogen-bond acceptors (Lipinski definition) is 2. The van der Waals surface area contributed by atoms with E-state index in [0.29, 0.717) is 19.5 Å². The monoisotopic (exact) mass is 222 g/mol. The highest BCUT2D eigenvalue weighted by Gasteiger charge is 2.26. The van der Waals surface area contributed by atoms with Gasteiger partial charge in [-0.05, 0) is 25.0 Å². The van der Waals surface area contributed by atoms with E-state index in [4.69, 9.17) is 0 Å². The Hall–Kier alpha value is -1.29. The third kappa shape index (κ3) is 2.11. The van der Waals surface area contributed by atoms with Gasteiger partial charge in [-0.25, -0.2) is 0 Å². The summed E-state index contributed by atoms with van der Waals surface area (Å²) in [5.74, 6) is 0.0370. The van der Waals surface area contributed by atoms with Crippen LogP contribution in [0.4, 0.5) is 0 Å². The van der Waals surface area contributed by atoms with Gasteiger partial charge in [-0.2, -0.15) is 0 Å². The van der Waals surface area contributed by atoms with E-state index in [9.17, 15) is 9.90 Å². The molecule has 1 aliphatic rings. The highest BCUT2D eigenvalue weighted by molar-refractivity contribution is 5.93. The number of nitrogens with zero attached hydrogens (tertiary/aromatic N) is 2. The fourth-order valence-corrected chi connectivity index (χ4v) is 2.13. The third-order valence-corrected chi connectivity index (χ3v) is 2.96. The number of aliphatic hydroxyl groups is 1. The van der Waals surface area contributed by atoms with Crippen LogP contribution in [0.15, 0.2) is 18.3 Å². The van der Waals surface area contributed by atoms with E-state index < -0.39 is 0 Å². The van der Waals surface area contributed by atoms with Crippen molar-refractivity contribution in [3.05, 3.63) is 24.0 Å². The molecule has 0 aromatic carbocycles. The lowest BCUT2D eigenvalue weighted by Gasteiger charge is -2.16. The number of carbonyl (C=O) groups excluding carboxylic acids is 1. The first-order valence-corrected chi connectivity index (χ1v) is 5.85. The number of β-amino-alcohol motifs (C(OH)–C–C–N with tert-alkyl or cyclic N) is 1. The fraction of sp³-hybridized carbons (Fsp3) is 0.583. The number of carbonyl (C=O) groups is 1. The van der Waals surface area contributed by atoms with Gasteiger partial charge >= 0.3 is 0 Å². The van der Waals surface area contributed by atoms with Crippen molar-refractivity contribution >= 4 is 5.91 Å². The quantitative estimate of drug-likeness (QED) is 0.832. The van der Waals surface area contributed by atoms with Crippen LogP contribution >= 0.6 is 0 Å². The van der Waals surface area contributed by atoms with Crippen molar-refractivity contribution in [1.29, 1.82) is 0 Å². The summed E-state index contributed by atoms with van der Waals surface area (Å²) >= 11 is 0. The van der Waals surface area contributed by atoms with Crippen LogP contribution in [0.1, 0.15) is 30.3 Å². The van der Waals surface area contributed by atoms with Crippen molar-refractivity contribution in [1.82, 2.24) is 9.47 Å². The molecule has 0 spiro atoms. The molecule has 0 saturated carbocycles. The van der Waals surface area contributed by atoms with E-state index in [1.165, 1.54) is 0 Å². The van der Waals surface area contributed by atoms with E-state index in [-0.39, 0.29) is 12.0 Å². The molecular formula is C12H18N2O2. The first kappa shape index (κ1) is 11.2. The van der Waals surface area contributed by atoms with Crippen LogP contribution in [-0.4, -0.2) is 39.7 Å². The van der Waals surface area contributed by atoms with Crippen molar-refractivity contribution in [2.45, 2.75) is 32.4 Å². The number of hydrogen-bond donors (Lipinski definition) is 1. The molecule has 2 heterocycles. The van der Waals surface area contributed by atoms with E-state index >= 15 is 0 Å². The first-order valence-electron chi connectivity index (χ1n) is 5.85. The second-order valence-corrected chi connectivity index (χ2v) is 4.28. The van der Waals surface area contributed by atoms with E-state index in [0.717, 1.165) is 18.7 Å². The maximum absolute atomic E-state index is 12.1. The highest BCUT2D eigenvalue weighted by atomic mass is 16.3.